The molecule has 1 aliphatic rings. The van der Waals surface area contributed by atoms with Crippen LogP contribution in [0.2, 0.25) is 0 Å². The third-order valence-electron chi connectivity index (χ3n) is 3.53. The molecule has 0 aliphatic carbocycles. The van der Waals surface area contributed by atoms with E-state index in [4.69, 9.17) is 9.47 Å². The summed E-state index contributed by atoms with van der Waals surface area (Å²) < 4.78 is 12.3. The van der Waals surface area contributed by atoms with Gasteiger partial charge in [-0.2, -0.15) is 0 Å². The topological polar surface area (TPSA) is 47.6 Å². The van der Waals surface area contributed by atoms with E-state index in [0.717, 1.165) is 10.0 Å². The second kappa shape index (κ2) is 6.40. The summed E-state index contributed by atoms with van der Waals surface area (Å²) in [6, 6.07) is 15.0. The number of ether oxygens (including phenoxy) is 2. The Labute approximate surface area is 137 Å². The van der Waals surface area contributed by atoms with Gasteiger partial charge >= 0.3 is 0 Å². The zero-order valence-corrected chi connectivity index (χ0v) is 13.7. The molecule has 1 N–H and O–H groups in total. The fourth-order valence-corrected chi connectivity index (χ4v) is 2.99. The predicted octanol–water partition coefficient (Wildman–Crippen LogP) is 3.47. The van der Waals surface area contributed by atoms with Gasteiger partial charge in [-0.15, -0.1) is 0 Å². The number of hydrogen-bond donors (Lipinski definition) is 1. The number of para-hydroxylation sites is 2. The summed E-state index contributed by atoms with van der Waals surface area (Å²) in [7, 11) is 0. The third kappa shape index (κ3) is 3.09. The van der Waals surface area contributed by atoms with E-state index >= 15 is 0 Å². The number of fused-ring (bicyclic) bond motifs is 1. The molecule has 2 aromatic carbocycles. The quantitative estimate of drug-likeness (QED) is 0.910. The Bertz CT molecular complexity index is 689. The summed E-state index contributed by atoms with van der Waals surface area (Å²) in [6.07, 6.45) is -0.639. The number of amides is 1. The molecule has 22 heavy (non-hydrogen) atoms. The van der Waals surface area contributed by atoms with Gasteiger partial charge in [0.1, 0.15) is 6.61 Å². The van der Waals surface area contributed by atoms with Crippen LogP contribution in [0.1, 0.15) is 18.5 Å². The number of nitrogens with one attached hydrogen (secondary N) is 1. The summed E-state index contributed by atoms with van der Waals surface area (Å²) in [5.41, 5.74) is 1.02. The van der Waals surface area contributed by atoms with Crippen LogP contribution in [0, 0.1) is 0 Å². The number of halogens is 1. The van der Waals surface area contributed by atoms with E-state index in [0.29, 0.717) is 11.5 Å². The Morgan fingerprint density at radius 3 is 2.64 bits per heavy atom. The molecule has 0 unspecified atom stereocenters. The maximum Gasteiger partial charge on any atom is 0.265 e. The van der Waals surface area contributed by atoms with Gasteiger partial charge in [0.2, 0.25) is 6.10 Å². The van der Waals surface area contributed by atoms with Crippen molar-refractivity contribution in [1.82, 2.24) is 5.32 Å². The first-order valence-electron chi connectivity index (χ1n) is 7.08. The monoisotopic (exact) mass is 361 g/mol. The van der Waals surface area contributed by atoms with Gasteiger partial charge in [0, 0.05) is 4.47 Å². The molecule has 2 aromatic rings. The zero-order valence-electron chi connectivity index (χ0n) is 12.1. The van der Waals surface area contributed by atoms with Crippen molar-refractivity contribution in [3.05, 3.63) is 58.6 Å². The Kier molecular flexibility index (Phi) is 4.34. The van der Waals surface area contributed by atoms with E-state index in [2.05, 4.69) is 21.2 Å². The highest BCUT2D eigenvalue weighted by atomic mass is 79.9. The largest absolute Gasteiger partial charge is 0.485 e. The molecule has 1 heterocycles. The Morgan fingerprint density at radius 1 is 1.18 bits per heavy atom. The number of carbonyl (C=O) groups excluding carboxylic acids is 1. The van der Waals surface area contributed by atoms with Gasteiger partial charge in [0.05, 0.1) is 6.04 Å². The molecule has 0 fully saturated rings. The number of carbonyl (C=O) groups is 1. The van der Waals surface area contributed by atoms with Gasteiger partial charge in [-0.05, 0) is 30.7 Å². The summed E-state index contributed by atoms with van der Waals surface area (Å²) in [6.45, 7) is 2.15. The minimum atomic E-state index is -0.639. The van der Waals surface area contributed by atoms with Crippen LogP contribution in [-0.4, -0.2) is 18.6 Å². The van der Waals surface area contributed by atoms with Gasteiger partial charge in [-0.25, -0.2) is 0 Å². The van der Waals surface area contributed by atoms with E-state index in [1.54, 1.807) is 6.07 Å². The molecule has 0 spiro atoms. The lowest BCUT2D eigenvalue weighted by Crippen LogP contribution is -2.44. The highest BCUT2D eigenvalue weighted by Crippen LogP contribution is 2.31. The van der Waals surface area contributed by atoms with Gasteiger partial charge < -0.3 is 14.8 Å². The maximum absolute atomic E-state index is 12.4. The zero-order chi connectivity index (χ0) is 15.5. The van der Waals surface area contributed by atoms with E-state index in [1.807, 2.05) is 49.4 Å². The first-order valence-corrected chi connectivity index (χ1v) is 7.88. The van der Waals surface area contributed by atoms with Crippen LogP contribution in [-0.2, 0) is 4.79 Å². The molecule has 3 rings (SSSR count). The molecule has 1 aliphatic heterocycles. The van der Waals surface area contributed by atoms with Crippen LogP contribution in [0.3, 0.4) is 0 Å². The van der Waals surface area contributed by atoms with Crippen molar-refractivity contribution in [2.45, 2.75) is 19.1 Å². The molecule has 0 bridgehead atoms. The molecule has 0 saturated carbocycles. The maximum atomic E-state index is 12.4. The van der Waals surface area contributed by atoms with E-state index in [9.17, 15) is 4.79 Å². The van der Waals surface area contributed by atoms with E-state index in [1.165, 1.54) is 0 Å². The Hall–Kier alpha value is -2.01. The summed E-state index contributed by atoms with van der Waals surface area (Å²) >= 11 is 3.50. The van der Waals surface area contributed by atoms with Crippen LogP contribution in [0.25, 0.3) is 0 Å². The lowest BCUT2D eigenvalue weighted by molar-refractivity contribution is -0.131. The van der Waals surface area contributed by atoms with Crippen molar-refractivity contribution in [1.29, 1.82) is 0 Å². The average Bonchev–Trinajstić information content (AvgIpc) is 2.54. The summed E-state index contributed by atoms with van der Waals surface area (Å²) in [5.74, 6) is 1.09. The molecule has 4 nitrogen and oxygen atoms in total. The lowest BCUT2D eigenvalue weighted by Gasteiger charge is -2.27. The smallest absolute Gasteiger partial charge is 0.265 e. The van der Waals surface area contributed by atoms with Gasteiger partial charge in [0.25, 0.3) is 5.91 Å². The first kappa shape index (κ1) is 14.9. The van der Waals surface area contributed by atoms with Crippen LogP contribution < -0.4 is 14.8 Å². The fourth-order valence-electron chi connectivity index (χ4n) is 2.36. The molecular weight excluding hydrogens is 346 g/mol. The molecule has 0 saturated heterocycles. The van der Waals surface area contributed by atoms with E-state index < -0.39 is 6.10 Å². The molecule has 114 valence electrons. The van der Waals surface area contributed by atoms with Gasteiger partial charge in [-0.3, -0.25) is 4.79 Å². The number of hydrogen-bond acceptors (Lipinski definition) is 3. The molecule has 1 amide bonds. The van der Waals surface area contributed by atoms with Crippen molar-refractivity contribution in [2.75, 3.05) is 6.61 Å². The lowest BCUT2D eigenvalue weighted by atomic mass is 10.1. The molecule has 2 atom stereocenters. The molecule has 0 aromatic heterocycles. The highest BCUT2D eigenvalue weighted by Gasteiger charge is 2.28. The first-order chi connectivity index (χ1) is 10.6. The molecule has 0 radical (unpaired) electrons. The highest BCUT2D eigenvalue weighted by molar-refractivity contribution is 9.10. The van der Waals surface area contributed by atoms with Crippen molar-refractivity contribution in [2.24, 2.45) is 0 Å². The van der Waals surface area contributed by atoms with Crippen LogP contribution in [0.5, 0.6) is 11.5 Å². The van der Waals surface area contributed by atoms with Gasteiger partial charge in [-0.1, -0.05) is 46.3 Å². The predicted molar refractivity (Wildman–Crippen MR) is 87.1 cm³/mol. The van der Waals surface area contributed by atoms with Crippen LogP contribution >= 0.6 is 15.9 Å². The minimum Gasteiger partial charge on any atom is -0.485 e. The van der Waals surface area contributed by atoms with E-state index in [-0.39, 0.29) is 18.6 Å². The number of benzene rings is 2. The second-order valence-corrected chi connectivity index (χ2v) is 5.97. The van der Waals surface area contributed by atoms with Crippen LogP contribution in [0.15, 0.2) is 53.0 Å². The SMILES string of the molecule is C[C@H](NC(=O)[C@@H]1COc2ccccc2O1)c1ccccc1Br. The normalized spacial score (nSPS) is 17.6. The fraction of sp³-hybridized carbons (Fsp3) is 0.235. The standard InChI is InChI=1S/C17H16BrNO3/c1-11(12-6-2-3-7-13(12)18)19-17(20)16-10-21-14-8-4-5-9-15(14)22-16/h2-9,11,16H,10H2,1H3,(H,19,20)/t11-,16-/m0/s1. The van der Waals surface area contributed by atoms with Crippen molar-refractivity contribution in [3.8, 4) is 11.5 Å². The summed E-state index contributed by atoms with van der Waals surface area (Å²) in [5, 5.41) is 2.96. The Morgan fingerprint density at radius 2 is 1.86 bits per heavy atom. The molecular formula is C17H16BrNO3. The second-order valence-electron chi connectivity index (χ2n) is 5.12. The van der Waals surface area contributed by atoms with Crippen molar-refractivity contribution in [3.63, 3.8) is 0 Å². The Balaban J connectivity index is 1.67. The van der Waals surface area contributed by atoms with Crippen molar-refractivity contribution < 1.29 is 14.3 Å². The van der Waals surface area contributed by atoms with Crippen LogP contribution in [0.4, 0.5) is 0 Å². The van der Waals surface area contributed by atoms with Crippen molar-refractivity contribution >= 4 is 21.8 Å². The molecule has 5 heteroatoms. The average molecular weight is 362 g/mol. The van der Waals surface area contributed by atoms with Gasteiger partial charge in [0.15, 0.2) is 11.5 Å². The minimum absolute atomic E-state index is 0.121. The third-order valence-corrected chi connectivity index (χ3v) is 4.25. The number of rotatable bonds is 3. The summed E-state index contributed by atoms with van der Waals surface area (Å²) in [4.78, 5) is 12.4.